The van der Waals surface area contributed by atoms with Crippen molar-refractivity contribution >= 4 is 21.9 Å². The van der Waals surface area contributed by atoms with Gasteiger partial charge in [-0.05, 0) is 48.8 Å². The summed E-state index contributed by atoms with van der Waals surface area (Å²) in [5.41, 5.74) is 2.07. The second kappa shape index (κ2) is 6.93. The van der Waals surface area contributed by atoms with E-state index in [9.17, 15) is 4.79 Å². The van der Waals surface area contributed by atoms with Crippen LogP contribution in [0.15, 0.2) is 22.7 Å². The van der Waals surface area contributed by atoms with E-state index in [1.165, 1.54) is 20.0 Å². The van der Waals surface area contributed by atoms with Gasteiger partial charge in [-0.3, -0.25) is 0 Å². The van der Waals surface area contributed by atoms with E-state index in [4.69, 9.17) is 9.47 Å². The lowest BCUT2D eigenvalue weighted by molar-refractivity contribution is -0.00580. The zero-order chi connectivity index (χ0) is 15.5. The Labute approximate surface area is 135 Å². The van der Waals surface area contributed by atoms with Gasteiger partial charge in [0, 0.05) is 4.47 Å². The van der Waals surface area contributed by atoms with E-state index in [-0.39, 0.29) is 5.97 Å². The molecule has 0 aliphatic heterocycles. The highest BCUT2D eigenvalue weighted by Gasteiger charge is 2.27. The molecule has 1 saturated carbocycles. The molecule has 1 aliphatic rings. The lowest BCUT2D eigenvalue weighted by Gasteiger charge is -2.34. The summed E-state index contributed by atoms with van der Waals surface area (Å²) in [5, 5.41) is 0. The number of esters is 1. The van der Waals surface area contributed by atoms with Gasteiger partial charge in [0.05, 0.1) is 25.4 Å². The molecule has 1 aromatic carbocycles. The number of methoxy groups -OCH3 is 1. The van der Waals surface area contributed by atoms with Crippen LogP contribution in [0.1, 0.15) is 55.5 Å². The highest BCUT2D eigenvalue weighted by Crippen LogP contribution is 2.36. The molecule has 0 bridgehead atoms. The first-order valence-corrected chi connectivity index (χ1v) is 8.19. The van der Waals surface area contributed by atoms with Crippen LogP contribution < -0.4 is 0 Å². The highest BCUT2D eigenvalue weighted by molar-refractivity contribution is 9.10. The number of benzene rings is 1. The number of carbonyl (C=O) groups excluding carboxylic acids is 1. The van der Waals surface area contributed by atoms with E-state index in [2.05, 4.69) is 29.8 Å². The average molecular weight is 355 g/mol. The maximum Gasteiger partial charge on any atom is 0.337 e. The normalized spacial score (nSPS) is 18.5. The van der Waals surface area contributed by atoms with Gasteiger partial charge >= 0.3 is 5.97 Å². The van der Waals surface area contributed by atoms with Crippen LogP contribution in [0, 0.1) is 5.41 Å². The quantitative estimate of drug-likeness (QED) is 0.733. The summed E-state index contributed by atoms with van der Waals surface area (Å²) < 4.78 is 11.6. The number of ether oxygens (including phenoxy) is 2. The molecule has 0 N–H and O–H groups in total. The molecule has 0 radical (unpaired) electrons. The van der Waals surface area contributed by atoms with E-state index < -0.39 is 0 Å². The van der Waals surface area contributed by atoms with E-state index >= 15 is 0 Å². The van der Waals surface area contributed by atoms with Gasteiger partial charge in [0.1, 0.15) is 0 Å². The lowest BCUT2D eigenvalue weighted by Crippen LogP contribution is -2.26. The molecular formula is C17H23BrO3. The van der Waals surface area contributed by atoms with Gasteiger partial charge in [-0.25, -0.2) is 4.79 Å². The van der Waals surface area contributed by atoms with Gasteiger partial charge in [0.15, 0.2) is 0 Å². The minimum atomic E-state index is -0.322. The summed E-state index contributed by atoms with van der Waals surface area (Å²) in [6.07, 6.45) is 5.06. The molecule has 1 aromatic rings. The molecule has 4 heteroatoms. The minimum absolute atomic E-state index is 0.322. The summed E-state index contributed by atoms with van der Waals surface area (Å²) >= 11 is 3.50. The Kier molecular flexibility index (Phi) is 5.44. The standard InChI is InChI=1S/C17H23BrO3/c1-17(2)8-6-14(7-9-17)21-11-13-5-4-12(10-15(13)18)16(19)20-3/h4-5,10,14H,6-9,11H2,1-3H3. The maximum atomic E-state index is 11.5. The van der Waals surface area contributed by atoms with Crippen LogP contribution >= 0.6 is 15.9 Å². The van der Waals surface area contributed by atoms with Crippen LogP contribution in [-0.2, 0) is 16.1 Å². The molecule has 1 fully saturated rings. The molecule has 0 amide bonds. The van der Waals surface area contributed by atoms with Crippen molar-refractivity contribution in [1.29, 1.82) is 0 Å². The molecule has 2 rings (SSSR count). The molecule has 116 valence electrons. The van der Waals surface area contributed by atoms with Crippen molar-refractivity contribution in [3.05, 3.63) is 33.8 Å². The van der Waals surface area contributed by atoms with Gasteiger partial charge < -0.3 is 9.47 Å². The number of carbonyl (C=O) groups is 1. The molecule has 1 aliphatic carbocycles. The van der Waals surface area contributed by atoms with Crippen LogP contribution in [0.5, 0.6) is 0 Å². The average Bonchev–Trinajstić information content (AvgIpc) is 2.46. The molecular weight excluding hydrogens is 332 g/mol. The number of hydrogen-bond acceptors (Lipinski definition) is 3. The number of hydrogen-bond donors (Lipinski definition) is 0. The van der Waals surface area contributed by atoms with Gasteiger partial charge in [-0.15, -0.1) is 0 Å². The largest absolute Gasteiger partial charge is 0.465 e. The summed E-state index contributed by atoms with van der Waals surface area (Å²) in [6.45, 7) is 5.23. The molecule has 0 spiro atoms. The van der Waals surface area contributed by atoms with Crippen LogP contribution in [-0.4, -0.2) is 19.2 Å². The Morgan fingerprint density at radius 2 is 2.00 bits per heavy atom. The molecule has 0 heterocycles. The molecule has 0 aromatic heterocycles. The number of rotatable bonds is 4. The molecule has 21 heavy (non-hydrogen) atoms. The first-order valence-electron chi connectivity index (χ1n) is 7.40. The van der Waals surface area contributed by atoms with Gasteiger partial charge in [0.2, 0.25) is 0 Å². The Balaban J connectivity index is 1.90. The molecule has 0 saturated heterocycles. The van der Waals surface area contributed by atoms with Gasteiger partial charge in [0.25, 0.3) is 0 Å². The molecule has 0 unspecified atom stereocenters. The van der Waals surface area contributed by atoms with Crippen LogP contribution in [0.3, 0.4) is 0 Å². The Bertz CT molecular complexity index is 501. The van der Waals surface area contributed by atoms with Crippen molar-refractivity contribution in [2.75, 3.05) is 7.11 Å². The fourth-order valence-corrected chi connectivity index (χ4v) is 3.15. The maximum absolute atomic E-state index is 11.5. The molecule has 3 nitrogen and oxygen atoms in total. The van der Waals surface area contributed by atoms with Crippen molar-refractivity contribution in [3.8, 4) is 0 Å². The van der Waals surface area contributed by atoms with Crippen LogP contribution in [0.25, 0.3) is 0 Å². The van der Waals surface area contributed by atoms with Crippen molar-refractivity contribution in [2.24, 2.45) is 5.41 Å². The first kappa shape index (κ1) is 16.5. The third-order valence-corrected chi connectivity index (χ3v) is 4.97. The zero-order valence-electron chi connectivity index (χ0n) is 12.9. The topological polar surface area (TPSA) is 35.5 Å². The van der Waals surface area contributed by atoms with Gasteiger partial charge in [-0.2, -0.15) is 0 Å². The van der Waals surface area contributed by atoms with E-state index in [0.717, 1.165) is 22.9 Å². The summed E-state index contributed by atoms with van der Waals surface area (Å²) in [4.78, 5) is 11.5. The Morgan fingerprint density at radius 3 is 2.57 bits per heavy atom. The van der Waals surface area contributed by atoms with Crippen molar-refractivity contribution < 1.29 is 14.3 Å². The predicted molar refractivity (Wildman–Crippen MR) is 86.3 cm³/mol. The number of halogens is 1. The monoisotopic (exact) mass is 354 g/mol. The van der Waals surface area contributed by atoms with E-state index in [1.807, 2.05) is 6.07 Å². The Hall–Kier alpha value is -0.870. The van der Waals surface area contributed by atoms with Crippen LogP contribution in [0.4, 0.5) is 0 Å². The fraction of sp³-hybridized carbons (Fsp3) is 0.588. The highest BCUT2D eigenvalue weighted by atomic mass is 79.9. The Morgan fingerprint density at radius 1 is 1.33 bits per heavy atom. The van der Waals surface area contributed by atoms with Crippen molar-refractivity contribution in [2.45, 2.75) is 52.2 Å². The third-order valence-electron chi connectivity index (χ3n) is 4.23. The SMILES string of the molecule is COC(=O)c1ccc(COC2CCC(C)(C)CC2)c(Br)c1. The summed E-state index contributed by atoms with van der Waals surface area (Å²) in [5.74, 6) is -0.322. The first-order chi connectivity index (χ1) is 9.91. The zero-order valence-corrected chi connectivity index (χ0v) is 14.5. The van der Waals surface area contributed by atoms with Crippen LogP contribution in [0.2, 0.25) is 0 Å². The lowest BCUT2D eigenvalue weighted by atomic mass is 9.76. The van der Waals surface area contributed by atoms with Crippen molar-refractivity contribution in [3.63, 3.8) is 0 Å². The fourth-order valence-electron chi connectivity index (χ4n) is 2.66. The second-order valence-corrected chi connectivity index (χ2v) is 7.33. The second-order valence-electron chi connectivity index (χ2n) is 6.47. The predicted octanol–water partition coefficient (Wildman–Crippen LogP) is 4.72. The molecule has 0 atom stereocenters. The van der Waals surface area contributed by atoms with E-state index in [0.29, 0.717) is 23.7 Å². The van der Waals surface area contributed by atoms with E-state index in [1.54, 1.807) is 12.1 Å². The summed E-state index contributed by atoms with van der Waals surface area (Å²) in [6, 6.07) is 5.48. The third kappa shape index (κ3) is 4.55. The van der Waals surface area contributed by atoms with Gasteiger partial charge in [-0.1, -0.05) is 35.8 Å². The smallest absolute Gasteiger partial charge is 0.337 e. The summed E-state index contributed by atoms with van der Waals surface area (Å²) in [7, 11) is 1.39. The van der Waals surface area contributed by atoms with Crippen molar-refractivity contribution in [1.82, 2.24) is 0 Å². The minimum Gasteiger partial charge on any atom is -0.465 e.